The topological polar surface area (TPSA) is 0 Å². The van der Waals surface area contributed by atoms with Crippen molar-refractivity contribution in [1.82, 2.24) is 0 Å². The molecule has 0 spiro atoms. The zero-order valence-corrected chi connectivity index (χ0v) is 8.67. The highest BCUT2D eigenvalue weighted by Crippen LogP contribution is 2.22. The summed E-state index contributed by atoms with van der Waals surface area (Å²) in [4.78, 5) is 0.611. The average Bonchev–Trinajstić information content (AvgIpc) is 1.99. The van der Waals surface area contributed by atoms with Crippen molar-refractivity contribution in [3.63, 3.8) is 0 Å². The first kappa shape index (κ1) is 9.25. The summed E-state index contributed by atoms with van der Waals surface area (Å²) in [6.07, 6.45) is 1.78. The van der Waals surface area contributed by atoms with Gasteiger partial charge >= 0.3 is 0 Å². The van der Waals surface area contributed by atoms with E-state index in [1.807, 2.05) is 0 Å². The lowest BCUT2D eigenvalue weighted by Gasteiger charge is -1.99. The molecule has 0 radical (unpaired) electrons. The van der Waals surface area contributed by atoms with Crippen LogP contribution in [0.15, 0.2) is 17.0 Å². The van der Waals surface area contributed by atoms with Crippen LogP contribution >= 0.6 is 34.4 Å². The Morgan fingerprint density at radius 2 is 1.73 bits per heavy atom. The molecule has 0 atom stereocenters. The van der Waals surface area contributed by atoms with Crippen molar-refractivity contribution in [1.29, 1.82) is 0 Å². The molecule has 1 aromatic carbocycles. The zero-order valence-electron chi connectivity index (χ0n) is 5.70. The first-order valence-corrected chi connectivity index (χ1v) is 5.14. The zero-order chi connectivity index (χ0) is 8.43. The molecule has 11 heavy (non-hydrogen) atoms. The quantitative estimate of drug-likeness (QED) is 0.433. The van der Waals surface area contributed by atoms with Gasteiger partial charge in [0.25, 0.3) is 0 Å². The van der Waals surface area contributed by atoms with Crippen LogP contribution in [0, 0.1) is 15.2 Å². The Labute approximate surface area is 81.5 Å². The van der Waals surface area contributed by atoms with E-state index in [4.69, 9.17) is 0 Å². The second-order valence-electron chi connectivity index (χ2n) is 1.91. The van der Waals surface area contributed by atoms with E-state index in [0.29, 0.717) is 4.90 Å². The first-order valence-electron chi connectivity index (χ1n) is 2.83. The van der Waals surface area contributed by atoms with Crippen LogP contribution in [0.2, 0.25) is 0 Å². The fourth-order valence-corrected chi connectivity index (χ4v) is 1.40. The molecular formula is C7H5F2IS. The summed E-state index contributed by atoms with van der Waals surface area (Å²) in [5, 5.41) is 0. The van der Waals surface area contributed by atoms with Crippen LogP contribution < -0.4 is 0 Å². The van der Waals surface area contributed by atoms with Gasteiger partial charge in [0.1, 0.15) is 11.6 Å². The van der Waals surface area contributed by atoms with Gasteiger partial charge in [0.2, 0.25) is 0 Å². The van der Waals surface area contributed by atoms with E-state index in [2.05, 4.69) is 0 Å². The van der Waals surface area contributed by atoms with Crippen LogP contribution in [0.1, 0.15) is 0 Å². The van der Waals surface area contributed by atoms with E-state index >= 15 is 0 Å². The van der Waals surface area contributed by atoms with Crippen LogP contribution in [0.5, 0.6) is 0 Å². The van der Waals surface area contributed by atoms with Crippen molar-refractivity contribution in [2.45, 2.75) is 4.90 Å². The Kier molecular flexibility index (Phi) is 3.12. The molecular weight excluding hydrogens is 281 g/mol. The summed E-state index contributed by atoms with van der Waals surface area (Å²) in [5.74, 6) is -0.982. The van der Waals surface area contributed by atoms with Crippen molar-refractivity contribution >= 4 is 34.4 Å². The lowest BCUT2D eigenvalue weighted by atomic mass is 10.3. The van der Waals surface area contributed by atoms with E-state index in [-0.39, 0.29) is 3.57 Å². The third-order valence-electron chi connectivity index (χ3n) is 1.19. The van der Waals surface area contributed by atoms with Gasteiger partial charge in [-0.25, -0.2) is 8.78 Å². The Morgan fingerprint density at radius 3 is 2.09 bits per heavy atom. The van der Waals surface area contributed by atoms with E-state index in [0.717, 1.165) is 0 Å². The van der Waals surface area contributed by atoms with Gasteiger partial charge in [0.05, 0.1) is 3.57 Å². The normalized spacial score (nSPS) is 10.2. The molecule has 0 amide bonds. The summed E-state index contributed by atoms with van der Waals surface area (Å²) in [7, 11) is 0. The Balaban J connectivity index is 3.21. The molecule has 0 aromatic heterocycles. The Bertz CT molecular complexity index is 252. The molecule has 0 N–H and O–H groups in total. The van der Waals surface area contributed by atoms with Crippen molar-refractivity contribution in [2.75, 3.05) is 6.26 Å². The molecule has 0 saturated heterocycles. The predicted octanol–water partition coefficient (Wildman–Crippen LogP) is 3.29. The minimum Gasteiger partial charge on any atom is -0.206 e. The number of benzene rings is 1. The van der Waals surface area contributed by atoms with Gasteiger partial charge in [0.15, 0.2) is 0 Å². The number of halogens is 3. The smallest absolute Gasteiger partial charge is 0.140 e. The summed E-state index contributed by atoms with van der Waals surface area (Å²) in [6.45, 7) is 0. The van der Waals surface area contributed by atoms with Crippen LogP contribution in [0.25, 0.3) is 0 Å². The van der Waals surface area contributed by atoms with E-state index in [9.17, 15) is 8.78 Å². The van der Waals surface area contributed by atoms with Gasteiger partial charge in [0, 0.05) is 4.90 Å². The van der Waals surface area contributed by atoms with Crippen molar-refractivity contribution < 1.29 is 8.78 Å². The van der Waals surface area contributed by atoms with Gasteiger partial charge in [-0.3, -0.25) is 0 Å². The summed E-state index contributed by atoms with van der Waals surface area (Å²) in [5.41, 5.74) is 0. The third kappa shape index (κ3) is 2.05. The Hall–Kier alpha value is 0.160. The molecule has 0 aliphatic heterocycles. The molecule has 0 nitrogen and oxygen atoms in total. The monoisotopic (exact) mass is 286 g/mol. The second-order valence-corrected chi connectivity index (χ2v) is 3.86. The van der Waals surface area contributed by atoms with Gasteiger partial charge in [-0.1, -0.05) is 0 Å². The van der Waals surface area contributed by atoms with Gasteiger partial charge in [-0.15, -0.1) is 11.8 Å². The molecule has 0 fully saturated rings. The largest absolute Gasteiger partial charge is 0.206 e. The van der Waals surface area contributed by atoms with Crippen molar-refractivity contribution in [3.8, 4) is 0 Å². The van der Waals surface area contributed by atoms with E-state index in [1.54, 1.807) is 28.8 Å². The van der Waals surface area contributed by atoms with E-state index < -0.39 is 11.6 Å². The lowest BCUT2D eigenvalue weighted by molar-refractivity contribution is 0.564. The minimum atomic E-state index is -0.491. The average molecular weight is 286 g/mol. The van der Waals surface area contributed by atoms with Gasteiger partial charge < -0.3 is 0 Å². The third-order valence-corrected chi connectivity index (χ3v) is 2.93. The number of hydrogen-bond acceptors (Lipinski definition) is 1. The molecule has 0 bridgehead atoms. The molecule has 1 rings (SSSR count). The molecule has 1 aromatic rings. The maximum Gasteiger partial charge on any atom is 0.140 e. The predicted molar refractivity (Wildman–Crippen MR) is 50.9 cm³/mol. The SMILES string of the molecule is CSc1cc(F)c(I)c(F)c1. The minimum absolute atomic E-state index is 0.0559. The number of hydrogen-bond donors (Lipinski definition) is 0. The van der Waals surface area contributed by atoms with Crippen LogP contribution in [-0.4, -0.2) is 6.26 Å². The molecule has 0 aliphatic carbocycles. The molecule has 0 saturated carbocycles. The fraction of sp³-hybridized carbons (Fsp3) is 0.143. The standard InChI is InChI=1S/C7H5F2IS/c1-11-4-2-5(8)7(10)6(9)3-4/h2-3H,1H3. The second kappa shape index (κ2) is 3.71. The highest BCUT2D eigenvalue weighted by molar-refractivity contribution is 14.1. The van der Waals surface area contributed by atoms with E-state index in [1.165, 1.54) is 23.9 Å². The first-order chi connectivity index (χ1) is 5.15. The van der Waals surface area contributed by atoms with Crippen molar-refractivity contribution in [2.24, 2.45) is 0 Å². The molecule has 0 unspecified atom stereocenters. The number of rotatable bonds is 1. The molecule has 0 aliphatic rings. The van der Waals surface area contributed by atoms with Crippen LogP contribution in [0.4, 0.5) is 8.78 Å². The number of thioether (sulfide) groups is 1. The van der Waals surface area contributed by atoms with Gasteiger partial charge in [-0.2, -0.15) is 0 Å². The molecule has 0 heterocycles. The van der Waals surface area contributed by atoms with Crippen molar-refractivity contribution in [3.05, 3.63) is 27.3 Å². The Morgan fingerprint density at radius 1 is 1.27 bits per heavy atom. The maximum absolute atomic E-state index is 12.8. The molecule has 60 valence electrons. The lowest BCUT2D eigenvalue weighted by Crippen LogP contribution is -1.88. The summed E-state index contributed by atoms with van der Waals surface area (Å²) in [6, 6.07) is 2.66. The van der Waals surface area contributed by atoms with Crippen LogP contribution in [-0.2, 0) is 0 Å². The fourth-order valence-electron chi connectivity index (χ4n) is 0.650. The maximum atomic E-state index is 12.8. The molecule has 4 heteroatoms. The highest BCUT2D eigenvalue weighted by atomic mass is 127. The summed E-state index contributed by atoms with van der Waals surface area (Å²) < 4.78 is 25.6. The van der Waals surface area contributed by atoms with Crippen LogP contribution in [0.3, 0.4) is 0 Å². The highest BCUT2D eigenvalue weighted by Gasteiger charge is 2.06. The summed E-state index contributed by atoms with van der Waals surface area (Å²) >= 11 is 2.97. The van der Waals surface area contributed by atoms with Gasteiger partial charge in [-0.05, 0) is 41.0 Å².